The summed E-state index contributed by atoms with van der Waals surface area (Å²) in [4.78, 5) is 4.40. The Kier molecular flexibility index (Phi) is 4.43. The summed E-state index contributed by atoms with van der Waals surface area (Å²) >= 11 is 5.87. The van der Waals surface area contributed by atoms with Gasteiger partial charge in [0.1, 0.15) is 5.82 Å². The van der Waals surface area contributed by atoms with E-state index in [0.29, 0.717) is 5.92 Å². The lowest BCUT2D eigenvalue weighted by Gasteiger charge is -2.10. The Balaban J connectivity index is 1.88. The van der Waals surface area contributed by atoms with Gasteiger partial charge < -0.3 is 4.57 Å². The smallest absolute Gasteiger partial charge is 0.111 e. The summed E-state index contributed by atoms with van der Waals surface area (Å²) in [5.41, 5.74) is 1.34. The molecule has 96 valence electrons. The average molecular weight is 263 g/mol. The van der Waals surface area contributed by atoms with Gasteiger partial charge in [-0.15, -0.1) is 0 Å². The first-order valence-electron chi connectivity index (χ1n) is 6.42. The number of imidazole rings is 1. The first-order valence-corrected chi connectivity index (χ1v) is 6.80. The molecule has 0 aliphatic carbocycles. The lowest BCUT2D eigenvalue weighted by atomic mass is 10.1. The molecule has 1 heterocycles. The summed E-state index contributed by atoms with van der Waals surface area (Å²) in [5.74, 6) is 1.65. The van der Waals surface area contributed by atoms with Gasteiger partial charge in [0.25, 0.3) is 0 Å². The van der Waals surface area contributed by atoms with E-state index < -0.39 is 0 Å². The van der Waals surface area contributed by atoms with Crippen LogP contribution in [0.25, 0.3) is 0 Å². The molecule has 2 rings (SSSR count). The highest BCUT2D eigenvalue weighted by Crippen LogP contribution is 2.14. The SMILES string of the molecule is CC(C)c1nccn1CCCc1ccc(Cl)cc1. The fourth-order valence-corrected chi connectivity index (χ4v) is 2.24. The molecule has 2 aromatic rings. The third-order valence-corrected chi connectivity index (χ3v) is 3.29. The molecule has 0 aliphatic heterocycles. The van der Waals surface area contributed by atoms with Gasteiger partial charge in [0, 0.05) is 29.9 Å². The normalized spacial score (nSPS) is 11.1. The van der Waals surface area contributed by atoms with Crippen molar-refractivity contribution in [2.45, 2.75) is 39.2 Å². The van der Waals surface area contributed by atoms with Crippen LogP contribution in [0.3, 0.4) is 0 Å². The van der Waals surface area contributed by atoms with E-state index in [1.807, 2.05) is 18.3 Å². The minimum atomic E-state index is 0.482. The molecule has 0 saturated carbocycles. The standard InChI is InChI=1S/C15H19ClN2/c1-12(2)15-17-9-11-18(15)10-3-4-13-5-7-14(16)8-6-13/h5-9,11-12H,3-4,10H2,1-2H3. The van der Waals surface area contributed by atoms with Crippen LogP contribution in [0.5, 0.6) is 0 Å². The maximum Gasteiger partial charge on any atom is 0.111 e. The van der Waals surface area contributed by atoms with Crippen LogP contribution in [0, 0.1) is 0 Å². The Hall–Kier alpha value is -1.28. The van der Waals surface area contributed by atoms with Crippen molar-refractivity contribution in [1.82, 2.24) is 9.55 Å². The number of hydrogen-bond donors (Lipinski definition) is 0. The Bertz CT molecular complexity index is 485. The molecular formula is C15H19ClN2. The van der Waals surface area contributed by atoms with E-state index in [4.69, 9.17) is 11.6 Å². The quantitative estimate of drug-likeness (QED) is 0.786. The summed E-state index contributed by atoms with van der Waals surface area (Å²) < 4.78 is 2.25. The fourth-order valence-electron chi connectivity index (χ4n) is 2.12. The largest absolute Gasteiger partial charge is 0.335 e. The van der Waals surface area contributed by atoms with E-state index in [1.165, 1.54) is 11.4 Å². The average Bonchev–Trinajstić information content (AvgIpc) is 2.80. The number of aromatic nitrogens is 2. The van der Waals surface area contributed by atoms with Gasteiger partial charge in [-0.3, -0.25) is 0 Å². The maximum absolute atomic E-state index is 5.87. The van der Waals surface area contributed by atoms with Crippen molar-refractivity contribution < 1.29 is 0 Å². The lowest BCUT2D eigenvalue weighted by molar-refractivity contribution is 0.589. The van der Waals surface area contributed by atoms with Gasteiger partial charge in [-0.1, -0.05) is 37.6 Å². The predicted molar refractivity (Wildman–Crippen MR) is 76.1 cm³/mol. The second-order valence-corrected chi connectivity index (χ2v) is 5.30. The lowest BCUT2D eigenvalue weighted by Crippen LogP contribution is -2.05. The fraction of sp³-hybridized carbons (Fsp3) is 0.400. The highest BCUT2D eigenvalue weighted by atomic mass is 35.5. The van der Waals surface area contributed by atoms with E-state index in [2.05, 4.69) is 41.7 Å². The third kappa shape index (κ3) is 3.36. The molecule has 2 nitrogen and oxygen atoms in total. The highest BCUT2D eigenvalue weighted by Gasteiger charge is 2.06. The Morgan fingerprint density at radius 3 is 2.61 bits per heavy atom. The number of halogens is 1. The van der Waals surface area contributed by atoms with Crippen LogP contribution in [-0.4, -0.2) is 9.55 Å². The van der Waals surface area contributed by atoms with E-state index in [-0.39, 0.29) is 0 Å². The molecule has 3 heteroatoms. The van der Waals surface area contributed by atoms with Crippen LogP contribution < -0.4 is 0 Å². The molecule has 0 saturated heterocycles. The molecule has 0 N–H and O–H groups in total. The summed E-state index contributed by atoms with van der Waals surface area (Å²) in [6.45, 7) is 5.38. The molecule has 0 spiro atoms. The topological polar surface area (TPSA) is 17.8 Å². The Labute approximate surface area is 114 Å². The zero-order chi connectivity index (χ0) is 13.0. The van der Waals surface area contributed by atoms with Crippen molar-refractivity contribution in [2.24, 2.45) is 0 Å². The van der Waals surface area contributed by atoms with Gasteiger partial charge in [-0.25, -0.2) is 4.98 Å². The van der Waals surface area contributed by atoms with Crippen molar-refractivity contribution in [3.63, 3.8) is 0 Å². The molecule has 0 fully saturated rings. The first kappa shape index (κ1) is 13.2. The van der Waals surface area contributed by atoms with Crippen LogP contribution in [0.15, 0.2) is 36.7 Å². The number of aryl methyl sites for hydroxylation is 2. The second-order valence-electron chi connectivity index (χ2n) is 4.86. The van der Waals surface area contributed by atoms with Crippen molar-refractivity contribution in [2.75, 3.05) is 0 Å². The van der Waals surface area contributed by atoms with Gasteiger partial charge in [-0.05, 0) is 30.5 Å². The third-order valence-electron chi connectivity index (χ3n) is 3.04. The molecule has 1 aromatic carbocycles. The summed E-state index contributed by atoms with van der Waals surface area (Å²) in [5, 5.41) is 0.801. The molecule has 0 radical (unpaired) electrons. The number of benzene rings is 1. The summed E-state index contributed by atoms with van der Waals surface area (Å²) in [6, 6.07) is 8.10. The summed E-state index contributed by atoms with van der Waals surface area (Å²) in [7, 11) is 0. The van der Waals surface area contributed by atoms with E-state index in [1.54, 1.807) is 0 Å². The molecule has 0 atom stereocenters. The van der Waals surface area contributed by atoms with Gasteiger partial charge in [0.15, 0.2) is 0 Å². The maximum atomic E-state index is 5.87. The monoisotopic (exact) mass is 262 g/mol. The van der Waals surface area contributed by atoms with Crippen molar-refractivity contribution in [1.29, 1.82) is 0 Å². The number of hydrogen-bond acceptors (Lipinski definition) is 1. The van der Waals surface area contributed by atoms with Crippen molar-refractivity contribution in [3.05, 3.63) is 53.1 Å². The second kappa shape index (κ2) is 6.05. The van der Waals surface area contributed by atoms with Crippen LogP contribution >= 0.6 is 11.6 Å². The van der Waals surface area contributed by atoms with Gasteiger partial charge in [0.05, 0.1) is 0 Å². The zero-order valence-corrected chi connectivity index (χ0v) is 11.7. The van der Waals surface area contributed by atoms with Crippen LogP contribution in [0.4, 0.5) is 0 Å². The predicted octanol–water partition coefficient (Wildman–Crippen LogP) is 4.29. The number of nitrogens with zero attached hydrogens (tertiary/aromatic N) is 2. The zero-order valence-electron chi connectivity index (χ0n) is 10.9. The number of rotatable bonds is 5. The minimum absolute atomic E-state index is 0.482. The molecule has 18 heavy (non-hydrogen) atoms. The van der Waals surface area contributed by atoms with E-state index in [0.717, 1.165) is 24.4 Å². The van der Waals surface area contributed by atoms with Crippen molar-refractivity contribution >= 4 is 11.6 Å². The molecule has 1 aromatic heterocycles. The van der Waals surface area contributed by atoms with E-state index >= 15 is 0 Å². The Morgan fingerprint density at radius 1 is 1.22 bits per heavy atom. The minimum Gasteiger partial charge on any atom is -0.335 e. The van der Waals surface area contributed by atoms with Crippen LogP contribution in [0.2, 0.25) is 5.02 Å². The molecule has 0 bridgehead atoms. The van der Waals surface area contributed by atoms with Gasteiger partial charge >= 0.3 is 0 Å². The van der Waals surface area contributed by atoms with Crippen LogP contribution in [0.1, 0.15) is 37.6 Å². The molecule has 0 aliphatic rings. The van der Waals surface area contributed by atoms with Crippen LogP contribution in [-0.2, 0) is 13.0 Å². The van der Waals surface area contributed by atoms with Gasteiger partial charge in [0.2, 0.25) is 0 Å². The molecule has 0 unspecified atom stereocenters. The van der Waals surface area contributed by atoms with Crippen molar-refractivity contribution in [3.8, 4) is 0 Å². The van der Waals surface area contributed by atoms with Gasteiger partial charge in [-0.2, -0.15) is 0 Å². The Morgan fingerprint density at radius 2 is 1.94 bits per heavy atom. The summed E-state index contributed by atoms with van der Waals surface area (Å²) in [6.07, 6.45) is 6.15. The van der Waals surface area contributed by atoms with E-state index in [9.17, 15) is 0 Å². The molecule has 0 amide bonds. The highest BCUT2D eigenvalue weighted by molar-refractivity contribution is 6.30. The first-order chi connectivity index (χ1) is 8.66. The molecular weight excluding hydrogens is 244 g/mol.